The van der Waals surface area contributed by atoms with Crippen LogP contribution in [0.15, 0.2) is 103 Å². The molecule has 0 fully saturated rings. The van der Waals surface area contributed by atoms with Crippen molar-refractivity contribution in [3.63, 3.8) is 0 Å². The van der Waals surface area contributed by atoms with Gasteiger partial charge in [-0.1, -0.05) is 66.7 Å². The van der Waals surface area contributed by atoms with Crippen molar-refractivity contribution in [2.24, 2.45) is 5.92 Å². The van der Waals surface area contributed by atoms with Crippen molar-refractivity contribution in [1.82, 2.24) is 5.32 Å². The summed E-state index contributed by atoms with van der Waals surface area (Å²) in [6.45, 7) is 0. The molecule has 0 radical (unpaired) electrons. The Kier molecular flexibility index (Phi) is 9.20. The van der Waals surface area contributed by atoms with Gasteiger partial charge in [-0.05, 0) is 77.9 Å². The summed E-state index contributed by atoms with van der Waals surface area (Å²) in [4.78, 5) is 26.4. The van der Waals surface area contributed by atoms with Gasteiger partial charge in [0.15, 0.2) is 0 Å². The van der Waals surface area contributed by atoms with Crippen LogP contribution in [-0.2, 0) is 22.4 Å². The number of nitrogens with zero attached hydrogens (tertiary/aromatic N) is 1. The number of rotatable bonds is 10. The molecule has 0 aromatic heterocycles. The summed E-state index contributed by atoms with van der Waals surface area (Å²) in [6.07, 6.45) is 1.48. The quantitative estimate of drug-likeness (QED) is 0.255. The molecular weight excluding hydrogens is 491 g/mol. The zero-order valence-electron chi connectivity index (χ0n) is 21.6. The first kappa shape index (κ1) is 27.3. The van der Waals surface area contributed by atoms with Crippen LogP contribution in [0.5, 0.6) is 0 Å². The molecule has 39 heavy (non-hydrogen) atoms. The van der Waals surface area contributed by atoms with Gasteiger partial charge in [0.05, 0.1) is 24.7 Å². The molecule has 0 aliphatic rings. The third-order valence-electron chi connectivity index (χ3n) is 6.73. The number of hydrogen-bond acceptors (Lipinski definition) is 4. The van der Waals surface area contributed by atoms with Crippen LogP contribution < -0.4 is 5.32 Å². The maximum Gasteiger partial charge on any atom is 0.311 e. The van der Waals surface area contributed by atoms with Crippen molar-refractivity contribution < 1.29 is 18.7 Å². The Hall–Kier alpha value is -4.76. The number of nitriles is 1. The fourth-order valence-electron chi connectivity index (χ4n) is 4.61. The molecule has 6 heteroatoms. The molecule has 0 spiro atoms. The molecular formula is C33H29FN2O3. The van der Waals surface area contributed by atoms with E-state index in [0.717, 1.165) is 22.3 Å². The van der Waals surface area contributed by atoms with Gasteiger partial charge in [0.25, 0.3) is 5.91 Å². The van der Waals surface area contributed by atoms with Crippen molar-refractivity contribution in [3.05, 3.63) is 131 Å². The Morgan fingerprint density at radius 3 is 2.15 bits per heavy atom. The van der Waals surface area contributed by atoms with Crippen molar-refractivity contribution in [2.45, 2.75) is 25.3 Å². The first-order chi connectivity index (χ1) is 19.0. The van der Waals surface area contributed by atoms with E-state index in [1.165, 1.54) is 19.2 Å². The Labute approximate surface area is 227 Å². The van der Waals surface area contributed by atoms with Gasteiger partial charge in [-0.3, -0.25) is 9.59 Å². The number of hydrogen-bond donors (Lipinski definition) is 1. The largest absolute Gasteiger partial charge is 0.469 e. The lowest BCUT2D eigenvalue weighted by Crippen LogP contribution is -2.45. The standard InChI is InChI=1S/C33H29FN2O3/c1-39-33(38)30(21-24-8-5-9-25(20-24)22-35)31(19-10-23-6-3-2-4-7-23)36-32(37)28-13-11-26(12-14-28)27-15-17-29(34)18-16-27/h2-9,11-18,20,30-31H,10,19,21H2,1H3,(H,36,37). The summed E-state index contributed by atoms with van der Waals surface area (Å²) in [7, 11) is 1.34. The van der Waals surface area contributed by atoms with E-state index in [9.17, 15) is 19.2 Å². The van der Waals surface area contributed by atoms with Crippen LogP contribution in [0.4, 0.5) is 4.39 Å². The number of halogens is 1. The van der Waals surface area contributed by atoms with Crippen LogP contribution >= 0.6 is 0 Å². The molecule has 1 amide bonds. The molecule has 0 saturated carbocycles. The Balaban J connectivity index is 1.58. The number of benzene rings is 4. The highest BCUT2D eigenvalue weighted by molar-refractivity contribution is 5.95. The van der Waals surface area contributed by atoms with E-state index in [4.69, 9.17) is 4.74 Å². The van der Waals surface area contributed by atoms with Gasteiger partial charge >= 0.3 is 5.97 Å². The van der Waals surface area contributed by atoms with Gasteiger partial charge in [0.1, 0.15) is 5.82 Å². The highest BCUT2D eigenvalue weighted by atomic mass is 19.1. The Bertz CT molecular complexity index is 1450. The predicted molar refractivity (Wildman–Crippen MR) is 148 cm³/mol. The molecule has 196 valence electrons. The van der Waals surface area contributed by atoms with E-state index in [-0.39, 0.29) is 11.7 Å². The smallest absolute Gasteiger partial charge is 0.311 e. The first-order valence-corrected chi connectivity index (χ1v) is 12.7. The fraction of sp³-hybridized carbons (Fsp3) is 0.182. The number of amides is 1. The minimum Gasteiger partial charge on any atom is -0.469 e. The van der Waals surface area contributed by atoms with Crippen LogP contribution in [0, 0.1) is 23.1 Å². The number of ether oxygens (including phenoxy) is 1. The summed E-state index contributed by atoms with van der Waals surface area (Å²) >= 11 is 0. The zero-order valence-corrected chi connectivity index (χ0v) is 21.6. The van der Waals surface area contributed by atoms with Gasteiger partial charge < -0.3 is 10.1 Å². The van der Waals surface area contributed by atoms with Crippen molar-refractivity contribution in [2.75, 3.05) is 7.11 Å². The van der Waals surface area contributed by atoms with E-state index in [0.29, 0.717) is 30.4 Å². The number of nitrogens with one attached hydrogen (secondary N) is 1. The summed E-state index contributed by atoms with van der Waals surface area (Å²) < 4.78 is 18.4. The molecule has 0 aliphatic heterocycles. The summed E-state index contributed by atoms with van der Waals surface area (Å²) in [6, 6.07) is 31.8. The molecule has 4 rings (SSSR count). The van der Waals surface area contributed by atoms with E-state index >= 15 is 0 Å². The molecule has 1 N–H and O–H groups in total. The summed E-state index contributed by atoms with van der Waals surface area (Å²) in [5.41, 5.74) is 4.55. The maximum absolute atomic E-state index is 13.4. The second-order valence-electron chi connectivity index (χ2n) is 9.33. The van der Waals surface area contributed by atoms with Gasteiger partial charge in [0, 0.05) is 11.6 Å². The maximum atomic E-state index is 13.4. The molecule has 0 saturated heterocycles. The highest BCUT2D eigenvalue weighted by Crippen LogP contribution is 2.22. The number of methoxy groups -OCH3 is 1. The molecule has 4 aromatic rings. The topological polar surface area (TPSA) is 79.2 Å². The average molecular weight is 521 g/mol. The van der Waals surface area contributed by atoms with Crippen molar-refractivity contribution in [3.8, 4) is 17.2 Å². The second kappa shape index (κ2) is 13.2. The third-order valence-corrected chi connectivity index (χ3v) is 6.73. The van der Waals surface area contributed by atoms with Gasteiger partial charge in [0.2, 0.25) is 0 Å². The number of esters is 1. The van der Waals surface area contributed by atoms with E-state index in [2.05, 4.69) is 11.4 Å². The molecule has 2 atom stereocenters. The molecule has 2 unspecified atom stereocenters. The zero-order chi connectivity index (χ0) is 27.6. The normalized spacial score (nSPS) is 12.1. The molecule has 0 bridgehead atoms. The summed E-state index contributed by atoms with van der Waals surface area (Å²) in [5, 5.41) is 12.4. The van der Waals surface area contributed by atoms with Crippen LogP contribution in [0.3, 0.4) is 0 Å². The summed E-state index contributed by atoms with van der Waals surface area (Å²) in [5.74, 6) is -1.70. The lowest BCUT2D eigenvalue weighted by molar-refractivity contribution is -0.146. The van der Waals surface area contributed by atoms with Crippen molar-refractivity contribution in [1.29, 1.82) is 5.26 Å². The molecule has 0 aliphatic carbocycles. The monoisotopic (exact) mass is 520 g/mol. The molecule has 4 aromatic carbocycles. The molecule has 5 nitrogen and oxygen atoms in total. The Morgan fingerprint density at radius 2 is 1.51 bits per heavy atom. The average Bonchev–Trinajstić information content (AvgIpc) is 2.98. The number of aryl methyl sites for hydroxylation is 1. The Morgan fingerprint density at radius 1 is 0.872 bits per heavy atom. The lowest BCUT2D eigenvalue weighted by Gasteiger charge is -2.27. The van der Waals surface area contributed by atoms with Crippen LogP contribution in [0.1, 0.15) is 33.5 Å². The second-order valence-corrected chi connectivity index (χ2v) is 9.33. The number of carbonyl (C=O) groups is 2. The van der Waals surface area contributed by atoms with Gasteiger partial charge in [-0.25, -0.2) is 4.39 Å². The molecule has 0 heterocycles. The fourth-order valence-corrected chi connectivity index (χ4v) is 4.61. The first-order valence-electron chi connectivity index (χ1n) is 12.7. The SMILES string of the molecule is COC(=O)C(Cc1cccc(C#N)c1)C(CCc1ccccc1)NC(=O)c1ccc(-c2ccc(F)cc2)cc1. The minimum atomic E-state index is -0.657. The number of carbonyl (C=O) groups excluding carboxylic acids is 2. The van der Waals surface area contributed by atoms with Gasteiger partial charge in [-0.2, -0.15) is 5.26 Å². The van der Waals surface area contributed by atoms with Gasteiger partial charge in [-0.15, -0.1) is 0 Å². The van der Waals surface area contributed by atoms with Crippen LogP contribution in [-0.4, -0.2) is 25.0 Å². The van der Waals surface area contributed by atoms with Crippen LogP contribution in [0.2, 0.25) is 0 Å². The highest BCUT2D eigenvalue weighted by Gasteiger charge is 2.31. The third kappa shape index (κ3) is 7.39. The lowest BCUT2D eigenvalue weighted by atomic mass is 9.87. The van der Waals surface area contributed by atoms with E-state index < -0.39 is 17.9 Å². The predicted octanol–water partition coefficient (Wildman–Crippen LogP) is 6.13. The van der Waals surface area contributed by atoms with E-state index in [1.54, 1.807) is 42.5 Å². The van der Waals surface area contributed by atoms with Crippen LogP contribution in [0.25, 0.3) is 11.1 Å². The van der Waals surface area contributed by atoms with Crippen molar-refractivity contribution >= 4 is 11.9 Å². The minimum absolute atomic E-state index is 0.307. The van der Waals surface area contributed by atoms with E-state index in [1.807, 2.05) is 48.5 Å².